The minimum atomic E-state index is -0.735. The number of nitrogens with one attached hydrogen (secondary N) is 2. The van der Waals surface area contributed by atoms with E-state index in [1.165, 1.54) is 257 Å². The SMILES string of the molecule is C=Cc1ccc(/C=C/c2ccc3c4cc5nc(cc6[nH]c(cc7nc(cc([nH]4)c3c2)-c2cc3c(cc2-7)OC(CCCCCCCCCCCCC)(CCCCCCCCCCCCC)O3)c2cccc(/C=C/c3ccc(C=C)cc3)c62)-c2cc3c(cc2-5)OC(CCCCCCCCCCCCC)(CCCCCCCCCCCCC)O3)cc1. The molecule has 0 saturated carbocycles. The fraction of sp³-hybridized carbons (Fsp3) is 0.491. The summed E-state index contributed by atoms with van der Waals surface area (Å²) in [7, 11) is 0. The lowest BCUT2D eigenvalue weighted by atomic mass is 9.98. The molecule has 0 amide bonds. The maximum Gasteiger partial charge on any atom is 0.251 e. The van der Waals surface area contributed by atoms with E-state index >= 15 is 0 Å². The van der Waals surface area contributed by atoms with Crippen molar-refractivity contribution < 1.29 is 18.9 Å². The van der Waals surface area contributed by atoms with Crippen molar-refractivity contribution in [1.82, 2.24) is 19.9 Å². The van der Waals surface area contributed by atoms with E-state index < -0.39 is 11.6 Å². The monoisotopic (exact) mass is 1580 g/mol. The van der Waals surface area contributed by atoms with Gasteiger partial charge in [-0.05, 0) is 114 Å². The summed E-state index contributed by atoms with van der Waals surface area (Å²) >= 11 is 0. The van der Waals surface area contributed by atoms with E-state index in [9.17, 15) is 0 Å². The molecule has 0 spiro atoms. The second-order valence-corrected chi connectivity index (χ2v) is 35.3. The first-order valence-electron chi connectivity index (χ1n) is 47.7. The second-order valence-electron chi connectivity index (χ2n) is 35.3. The average molecular weight is 1580 g/mol. The van der Waals surface area contributed by atoms with Crippen molar-refractivity contribution in [3.63, 3.8) is 0 Å². The Hall–Kier alpha value is -8.88. The molecule has 3 aromatic heterocycles. The van der Waals surface area contributed by atoms with Crippen LogP contribution in [0.15, 0.2) is 147 Å². The molecule has 13 rings (SSSR count). The topological polar surface area (TPSA) is 94.3 Å². The molecule has 0 radical (unpaired) electrons. The zero-order valence-corrected chi connectivity index (χ0v) is 73.0. The van der Waals surface area contributed by atoms with Gasteiger partial charge in [-0.15, -0.1) is 0 Å². The summed E-state index contributed by atoms with van der Waals surface area (Å²) in [5.41, 5.74) is 18.0. The number of ether oxygens (including phenoxy) is 4. The van der Waals surface area contributed by atoms with Crippen molar-refractivity contribution in [3.05, 3.63) is 180 Å². The van der Waals surface area contributed by atoms with Crippen molar-refractivity contribution in [2.24, 2.45) is 0 Å². The van der Waals surface area contributed by atoms with Crippen molar-refractivity contribution in [1.29, 1.82) is 0 Å². The van der Waals surface area contributed by atoms with Crippen LogP contribution in [0.4, 0.5) is 0 Å². The molecule has 0 aliphatic carbocycles. The number of H-pyrrole nitrogens is 2. The third-order valence-corrected chi connectivity index (χ3v) is 25.8. The van der Waals surface area contributed by atoms with Gasteiger partial charge in [0.1, 0.15) is 0 Å². The lowest BCUT2D eigenvalue weighted by Gasteiger charge is -2.28. The molecule has 7 heterocycles. The Labute approximate surface area is 710 Å². The summed E-state index contributed by atoms with van der Waals surface area (Å²) in [4.78, 5) is 19.7. The van der Waals surface area contributed by atoms with Gasteiger partial charge in [-0.2, -0.15) is 0 Å². The number of hydrogen-bond donors (Lipinski definition) is 2. The Morgan fingerprint density at radius 1 is 0.271 bits per heavy atom. The number of aromatic amines is 2. The van der Waals surface area contributed by atoms with Crippen molar-refractivity contribution >= 4 is 80.1 Å². The number of unbranched alkanes of at least 4 members (excludes halogenated alkanes) is 40. The zero-order valence-electron chi connectivity index (χ0n) is 73.0. The summed E-state index contributed by atoms with van der Waals surface area (Å²) in [5.74, 6) is 1.76. The number of nitrogens with zero attached hydrogens (tertiary/aromatic N) is 2. The number of fused-ring (bicyclic) bond motifs is 22. The molecule has 0 saturated heterocycles. The lowest BCUT2D eigenvalue weighted by molar-refractivity contribution is -0.0953. The number of aromatic nitrogens is 4. The molecular formula is C110H142N4O4. The van der Waals surface area contributed by atoms with Crippen LogP contribution in [0.5, 0.6) is 23.0 Å². The van der Waals surface area contributed by atoms with Crippen molar-refractivity contribution in [2.75, 3.05) is 0 Å². The average Bonchev–Trinajstić information content (AvgIpc) is 1.58. The molecule has 4 aliphatic heterocycles. The highest BCUT2D eigenvalue weighted by Gasteiger charge is 2.44. The van der Waals surface area contributed by atoms with Crippen LogP contribution in [0.1, 0.15) is 369 Å². The fourth-order valence-corrected chi connectivity index (χ4v) is 18.7. The van der Waals surface area contributed by atoms with E-state index in [4.69, 9.17) is 28.9 Å². The van der Waals surface area contributed by atoms with Gasteiger partial charge < -0.3 is 28.9 Å². The van der Waals surface area contributed by atoms with Crippen LogP contribution in [0.2, 0.25) is 0 Å². The molecule has 2 N–H and O–H groups in total. The quantitative estimate of drug-likeness (QED) is 0.0291. The van der Waals surface area contributed by atoms with Gasteiger partial charge in [-0.1, -0.05) is 413 Å². The number of hydrogen-bond acceptors (Lipinski definition) is 6. The highest BCUT2D eigenvalue weighted by molar-refractivity contribution is 6.13. The minimum Gasteiger partial charge on any atom is -0.448 e. The molecule has 0 unspecified atom stereocenters. The number of benzene rings is 6. The summed E-state index contributed by atoms with van der Waals surface area (Å²) in [6, 6.07) is 48.9. The van der Waals surface area contributed by atoms with Crippen LogP contribution in [0, 0.1) is 0 Å². The van der Waals surface area contributed by atoms with Gasteiger partial charge in [0.25, 0.3) is 11.6 Å². The van der Waals surface area contributed by atoms with Gasteiger partial charge in [0, 0.05) is 91.5 Å². The summed E-state index contributed by atoms with van der Waals surface area (Å²) in [6.07, 6.45) is 73.3. The van der Waals surface area contributed by atoms with Crippen molar-refractivity contribution in [2.45, 2.75) is 347 Å². The lowest BCUT2D eigenvalue weighted by Crippen LogP contribution is -2.38. The molecule has 9 aromatic rings. The zero-order chi connectivity index (χ0) is 81.4. The van der Waals surface area contributed by atoms with Gasteiger partial charge in [0.05, 0.1) is 22.8 Å². The Kier molecular flexibility index (Phi) is 33.5. The van der Waals surface area contributed by atoms with Crippen LogP contribution in [-0.4, -0.2) is 31.5 Å². The van der Waals surface area contributed by atoms with Gasteiger partial charge in [-0.3, -0.25) is 0 Å². The van der Waals surface area contributed by atoms with E-state index in [-0.39, 0.29) is 0 Å². The molecule has 0 fully saturated rings. The van der Waals surface area contributed by atoms with Gasteiger partial charge in [-0.25, -0.2) is 9.97 Å². The molecule has 8 bridgehead atoms. The number of rotatable bonds is 54. The molecule has 8 nitrogen and oxygen atoms in total. The third-order valence-electron chi connectivity index (χ3n) is 25.8. The predicted octanol–water partition coefficient (Wildman–Crippen LogP) is 34.7. The summed E-state index contributed by atoms with van der Waals surface area (Å²) in [5, 5.41) is 4.37. The summed E-state index contributed by atoms with van der Waals surface area (Å²) < 4.78 is 29.7. The van der Waals surface area contributed by atoms with E-state index in [0.717, 1.165) is 196 Å². The first-order valence-corrected chi connectivity index (χ1v) is 47.7. The molecule has 4 aliphatic rings. The summed E-state index contributed by atoms with van der Waals surface area (Å²) in [6.45, 7) is 17.3. The van der Waals surface area contributed by atoms with E-state index in [2.05, 4.69) is 209 Å². The van der Waals surface area contributed by atoms with Crippen LogP contribution in [0.3, 0.4) is 0 Å². The predicted molar refractivity (Wildman–Crippen MR) is 508 cm³/mol. The normalized spacial score (nSPS) is 13.6. The highest BCUT2D eigenvalue weighted by Crippen LogP contribution is 2.53. The van der Waals surface area contributed by atoms with Gasteiger partial charge >= 0.3 is 0 Å². The highest BCUT2D eigenvalue weighted by atomic mass is 16.7. The van der Waals surface area contributed by atoms with Gasteiger partial charge in [0.2, 0.25) is 0 Å². The Bertz CT molecular complexity index is 4790. The van der Waals surface area contributed by atoms with E-state index in [1.807, 2.05) is 12.2 Å². The largest absolute Gasteiger partial charge is 0.448 e. The van der Waals surface area contributed by atoms with Crippen LogP contribution in [0.25, 0.3) is 125 Å². The van der Waals surface area contributed by atoms with Crippen LogP contribution in [-0.2, 0) is 0 Å². The molecule has 0 atom stereocenters. The van der Waals surface area contributed by atoms with Crippen molar-refractivity contribution in [3.8, 4) is 68.0 Å². The van der Waals surface area contributed by atoms with Gasteiger partial charge in [0.15, 0.2) is 23.0 Å². The Balaban J connectivity index is 0.897. The standard InChI is InChI=1S/C110H142N4O4/c1-7-13-17-21-25-29-33-37-41-45-49-70-109(71-50-46-42-38-34-30-26-22-18-14-8-2)115-104-75-92-93(76-105(104)116-109)101-81-98-91-74-87(65-64-85-60-56-83(11-5)57-61-85)67-69-89(91)96(111-98)79-99-94-77-106-107(118-110(117-106,72-51-47-43-39-35-31-27-23-19-15-9-3)73-52-48-44-40-36-32-28-24-20-16-10-4)78-95(94)102(113-99)82-103-108-88(68-66-86-62-58-84(12-6)59-63-86)54-53-55-90(108)97(114-103)80-100(92)112-101/h11-12,53-69,74-82,111,114H,5-10,13-52,70-73H2,1-4H3/b65-64+,68-66+,96-79?,97-80?,98-81?,99-79?,100-80?,101-81?,102-82?,103-82?. The molecule has 626 valence electrons. The Morgan fingerprint density at radius 2 is 0.551 bits per heavy atom. The second kappa shape index (κ2) is 45.5. The third kappa shape index (κ3) is 24.0. The maximum atomic E-state index is 7.42. The molecular weight excluding hydrogens is 1440 g/mol. The van der Waals surface area contributed by atoms with Crippen LogP contribution < -0.4 is 18.9 Å². The first kappa shape index (κ1) is 87.0. The molecule has 8 heteroatoms. The minimum absolute atomic E-state index is 0.734. The first-order chi connectivity index (χ1) is 58.2. The van der Waals surface area contributed by atoms with E-state index in [0.29, 0.717) is 0 Å². The smallest absolute Gasteiger partial charge is 0.251 e. The van der Waals surface area contributed by atoms with E-state index in [1.54, 1.807) is 0 Å². The van der Waals surface area contributed by atoms with Crippen LogP contribution >= 0.6 is 0 Å². The molecule has 118 heavy (non-hydrogen) atoms. The Morgan fingerprint density at radius 3 is 0.898 bits per heavy atom. The maximum absolute atomic E-state index is 7.42. The molecule has 6 aromatic carbocycles. The fourth-order valence-electron chi connectivity index (χ4n) is 18.7.